The summed E-state index contributed by atoms with van der Waals surface area (Å²) in [6, 6.07) is 10.3. The predicted octanol–water partition coefficient (Wildman–Crippen LogP) is -5.47. The number of aryl methyl sites for hydroxylation is 1. The zero-order chi connectivity index (χ0) is 21.7. The third kappa shape index (κ3) is 7.19. The molecule has 0 bridgehead atoms. The van der Waals surface area contributed by atoms with Gasteiger partial charge in [0, 0.05) is 43.6 Å². The Kier molecular flexibility index (Phi) is 11.1. The molecule has 0 spiro atoms. The summed E-state index contributed by atoms with van der Waals surface area (Å²) in [6.45, 7) is 0. The molecule has 0 aliphatic heterocycles. The molecular weight excluding hydrogens is 434 g/mol. The monoisotopic (exact) mass is 452 g/mol. The molecule has 0 radical (unpaired) electrons. The molecule has 2 heterocycles. The molecule has 0 saturated carbocycles. The number of hydrogen-bond donors (Lipinski definition) is 2. The van der Waals surface area contributed by atoms with Crippen LogP contribution >= 0.6 is 0 Å². The Morgan fingerprint density at radius 2 is 1.78 bits per heavy atom. The fourth-order valence-electron chi connectivity index (χ4n) is 2.89. The van der Waals surface area contributed by atoms with Crippen molar-refractivity contribution < 1.29 is 78.9 Å². The first-order chi connectivity index (χ1) is 14.3. The Morgan fingerprint density at radius 1 is 1.09 bits per heavy atom. The number of carbonyl (C=O) groups excluding carboxylic acids is 2. The molecule has 0 aliphatic carbocycles. The van der Waals surface area contributed by atoms with Crippen LogP contribution in [-0.2, 0) is 11.8 Å². The number of benzene rings is 1. The first kappa shape index (κ1) is 27.9. The number of urea groups is 1. The Balaban J connectivity index is 0.00000256. The number of carboxylic acids is 1. The van der Waals surface area contributed by atoms with Crippen molar-refractivity contribution in [2.24, 2.45) is 7.05 Å². The van der Waals surface area contributed by atoms with Crippen LogP contribution in [0, 0.1) is 0 Å². The summed E-state index contributed by atoms with van der Waals surface area (Å²) in [5, 5.41) is 27.8. The molecule has 1 atom stereocenters. The molecule has 2 N–H and O–H groups in total. The average Bonchev–Trinajstić information content (AvgIpc) is 2.74. The van der Waals surface area contributed by atoms with Crippen LogP contribution in [0.4, 0.5) is 10.5 Å². The number of amides is 2. The van der Waals surface area contributed by atoms with E-state index in [1.54, 1.807) is 12.3 Å². The van der Waals surface area contributed by atoms with Gasteiger partial charge in [-0.05, 0) is 17.2 Å². The van der Waals surface area contributed by atoms with Crippen molar-refractivity contribution in [3.63, 3.8) is 0 Å². The quantitative estimate of drug-likeness (QED) is 0.358. The standard InChI is InChI=1S/C21H20N4O5.2Na/c1-25-8-7-17(26)19(20(25)29)24-21(30)23-16(10-18(27)28)15-9-14(11-22-12-15)13-5-3-2-4-6-13;;/h2-9,11-12,16,26H,10H2,1H3,(H,27,28)(H2,23,24,30);;/q;2*+1/p-2/t16-;;/m0../s1. The molecule has 0 aliphatic rings. The Bertz CT molecular complexity index is 1140. The zero-order valence-electron chi connectivity index (χ0n) is 18.0. The summed E-state index contributed by atoms with van der Waals surface area (Å²) >= 11 is 0. The van der Waals surface area contributed by atoms with Crippen molar-refractivity contribution in [3.05, 3.63) is 77.0 Å². The van der Waals surface area contributed by atoms with Crippen LogP contribution < -0.4 is 85.5 Å². The Hall–Kier alpha value is -2.14. The maximum Gasteiger partial charge on any atom is 1.00 e. The van der Waals surface area contributed by atoms with Gasteiger partial charge in [0.1, 0.15) is 5.69 Å². The van der Waals surface area contributed by atoms with Gasteiger partial charge in [-0.25, -0.2) is 4.79 Å². The van der Waals surface area contributed by atoms with E-state index >= 15 is 0 Å². The molecule has 3 rings (SSSR count). The first-order valence-electron chi connectivity index (χ1n) is 8.99. The molecule has 3 aromatic rings. The molecule has 0 fully saturated rings. The van der Waals surface area contributed by atoms with Gasteiger partial charge in [0.05, 0.1) is 6.04 Å². The predicted molar refractivity (Wildman–Crippen MR) is 105 cm³/mol. The zero-order valence-corrected chi connectivity index (χ0v) is 22.0. The van der Waals surface area contributed by atoms with Crippen LogP contribution in [0.15, 0.2) is 65.8 Å². The normalized spacial score (nSPS) is 10.8. The SMILES string of the molecule is Cn1ccc([O-])c(NC(=O)N[C@@H](CC(=O)[O-])c2cncc(-c3ccccc3)c2)c1=O.[Na+].[Na+]. The maximum atomic E-state index is 12.4. The van der Waals surface area contributed by atoms with E-state index in [2.05, 4.69) is 15.6 Å². The number of nitrogens with zero attached hydrogens (tertiary/aromatic N) is 2. The third-order valence-corrected chi connectivity index (χ3v) is 4.41. The minimum Gasteiger partial charge on any atom is -0.871 e. The summed E-state index contributed by atoms with van der Waals surface area (Å²) in [4.78, 5) is 39.8. The van der Waals surface area contributed by atoms with Crippen LogP contribution in [0.5, 0.6) is 5.75 Å². The number of aliphatic carboxylic acids is 1. The maximum absolute atomic E-state index is 12.4. The number of nitrogens with one attached hydrogen (secondary N) is 2. The van der Waals surface area contributed by atoms with E-state index in [0.717, 1.165) is 21.8 Å². The van der Waals surface area contributed by atoms with Gasteiger partial charge >= 0.3 is 65.1 Å². The molecule has 0 unspecified atom stereocenters. The van der Waals surface area contributed by atoms with E-state index < -0.39 is 41.5 Å². The van der Waals surface area contributed by atoms with Crippen molar-refractivity contribution in [1.82, 2.24) is 14.9 Å². The fourth-order valence-corrected chi connectivity index (χ4v) is 2.89. The van der Waals surface area contributed by atoms with Gasteiger partial charge in [-0.2, -0.15) is 0 Å². The van der Waals surface area contributed by atoms with Gasteiger partial charge in [-0.1, -0.05) is 42.1 Å². The van der Waals surface area contributed by atoms with Crippen LogP contribution in [0.3, 0.4) is 0 Å². The minimum absolute atomic E-state index is 0. The van der Waals surface area contributed by atoms with E-state index in [4.69, 9.17) is 0 Å². The van der Waals surface area contributed by atoms with Crippen molar-refractivity contribution in [2.75, 3.05) is 5.32 Å². The van der Waals surface area contributed by atoms with E-state index in [-0.39, 0.29) is 59.1 Å². The second-order valence-electron chi connectivity index (χ2n) is 6.57. The summed E-state index contributed by atoms with van der Waals surface area (Å²) in [7, 11) is 1.44. The minimum atomic E-state index is -1.38. The largest absolute Gasteiger partial charge is 1.00 e. The van der Waals surface area contributed by atoms with Crippen molar-refractivity contribution in [2.45, 2.75) is 12.5 Å². The number of carbonyl (C=O) groups is 2. The van der Waals surface area contributed by atoms with Crippen molar-refractivity contribution in [3.8, 4) is 16.9 Å². The fraction of sp³-hybridized carbons (Fsp3) is 0.143. The van der Waals surface area contributed by atoms with E-state index in [0.29, 0.717) is 5.56 Å². The van der Waals surface area contributed by atoms with Gasteiger partial charge in [0.15, 0.2) is 0 Å². The topological polar surface area (TPSA) is 139 Å². The number of pyridine rings is 2. The van der Waals surface area contributed by atoms with E-state index in [9.17, 15) is 24.6 Å². The van der Waals surface area contributed by atoms with E-state index in [1.165, 1.54) is 19.4 Å². The van der Waals surface area contributed by atoms with Crippen LogP contribution in [0.2, 0.25) is 0 Å². The van der Waals surface area contributed by atoms with E-state index in [1.807, 2.05) is 30.3 Å². The van der Waals surface area contributed by atoms with Crippen LogP contribution in [0.25, 0.3) is 11.1 Å². The van der Waals surface area contributed by atoms with Crippen LogP contribution in [0.1, 0.15) is 18.0 Å². The summed E-state index contributed by atoms with van der Waals surface area (Å²) in [5.41, 5.74) is 0.923. The molecule has 9 nitrogen and oxygen atoms in total. The average molecular weight is 452 g/mol. The molecule has 1 aromatic carbocycles. The molecular formula is C21H18N4Na2O5. The number of carboxylic acid groups (broad SMARTS) is 1. The van der Waals surface area contributed by atoms with Gasteiger partial charge in [-0.15, -0.1) is 0 Å². The Morgan fingerprint density at radius 3 is 2.44 bits per heavy atom. The molecule has 154 valence electrons. The number of rotatable bonds is 6. The molecule has 0 saturated heterocycles. The van der Waals surface area contributed by atoms with Crippen LogP contribution in [-0.4, -0.2) is 21.6 Å². The second kappa shape index (κ2) is 12.8. The molecule has 11 heteroatoms. The van der Waals surface area contributed by atoms with Crippen molar-refractivity contribution in [1.29, 1.82) is 0 Å². The molecule has 32 heavy (non-hydrogen) atoms. The summed E-state index contributed by atoms with van der Waals surface area (Å²) < 4.78 is 1.14. The molecule has 2 aromatic heterocycles. The summed E-state index contributed by atoms with van der Waals surface area (Å²) in [5.74, 6) is -2.04. The van der Waals surface area contributed by atoms with Gasteiger partial charge in [0.25, 0.3) is 5.56 Å². The Labute approximate surface area is 228 Å². The summed E-state index contributed by atoms with van der Waals surface area (Å²) in [6.07, 6.45) is 3.81. The van der Waals surface area contributed by atoms with Gasteiger partial charge in [0.2, 0.25) is 0 Å². The smallest absolute Gasteiger partial charge is 0.871 e. The first-order valence-corrected chi connectivity index (χ1v) is 8.99. The molecule has 2 amide bonds. The number of aromatic nitrogens is 2. The third-order valence-electron chi connectivity index (χ3n) is 4.41. The van der Waals surface area contributed by atoms with Gasteiger partial charge in [-0.3, -0.25) is 9.78 Å². The second-order valence-corrected chi connectivity index (χ2v) is 6.57. The van der Waals surface area contributed by atoms with Gasteiger partial charge < -0.3 is 30.2 Å². The number of hydrogen-bond acceptors (Lipinski definition) is 6. The number of anilines is 1. The van der Waals surface area contributed by atoms with Crippen molar-refractivity contribution >= 4 is 17.7 Å².